The molecule has 2 N–H and O–H groups in total. The quantitative estimate of drug-likeness (QED) is 0.598. The van der Waals surface area contributed by atoms with Crippen LogP contribution >= 0.6 is 0 Å². The van der Waals surface area contributed by atoms with Crippen molar-refractivity contribution in [1.82, 2.24) is 30.4 Å². The molecule has 2 aromatic rings. The first-order valence-electron chi connectivity index (χ1n) is 7.04. The van der Waals surface area contributed by atoms with Crippen LogP contribution in [-0.4, -0.2) is 38.8 Å². The number of aromatic nitrogens is 4. The van der Waals surface area contributed by atoms with E-state index in [0.29, 0.717) is 6.54 Å². The lowest BCUT2D eigenvalue weighted by atomic mass is 10.3. The molecule has 0 unspecified atom stereocenters. The normalized spacial score (nSPS) is 11.4. The number of hydrogen-bond acceptors (Lipinski definition) is 4. The molecule has 7 nitrogen and oxygen atoms in total. The number of rotatable bonds is 6. The molecule has 0 saturated heterocycles. The Morgan fingerprint density at radius 2 is 2.19 bits per heavy atom. The maximum atomic E-state index is 4.50. The number of nitrogens with one attached hydrogen (secondary N) is 2. The van der Waals surface area contributed by atoms with E-state index in [-0.39, 0.29) is 0 Å². The van der Waals surface area contributed by atoms with Crippen LogP contribution in [0.15, 0.2) is 35.7 Å². The van der Waals surface area contributed by atoms with Gasteiger partial charge in [-0.15, -0.1) is 0 Å². The summed E-state index contributed by atoms with van der Waals surface area (Å²) in [6.45, 7) is 4.13. The molecule has 112 valence electrons. The zero-order valence-corrected chi connectivity index (χ0v) is 12.5. The van der Waals surface area contributed by atoms with Crippen LogP contribution in [-0.2, 0) is 20.0 Å². The average Bonchev–Trinajstić information content (AvgIpc) is 2.91. The molecule has 0 amide bonds. The fourth-order valence-electron chi connectivity index (χ4n) is 1.81. The van der Waals surface area contributed by atoms with Crippen molar-refractivity contribution in [3.05, 3.63) is 42.2 Å². The van der Waals surface area contributed by atoms with E-state index in [1.807, 2.05) is 38.4 Å². The molecule has 7 heteroatoms. The Bertz CT molecular complexity index is 562. The lowest BCUT2D eigenvalue weighted by molar-refractivity contribution is 0.697. The summed E-state index contributed by atoms with van der Waals surface area (Å²) in [6.07, 6.45) is 4.20. The number of nitrogens with zero attached hydrogens (tertiary/aromatic N) is 5. The zero-order chi connectivity index (χ0) is 14.9. The Labute approximate surface area is 124 Å². The third kappa shape index (κ3) is 4.87. The lowest BCUT2D eigenvalue weighted by Crippen LogP contribution is -2.38. The molecule has 0 aliphatic rings. The Hall–Kier alpha value is -2.44. The monoisotopic (exact) mass is 287 g/mol. The van der Waals surface area contributed by atoms with Crippen molar-refractivity contribution in [3.63, 3.8) is 0 Å². The minimum Gasteiger partial charge on any atom is -0.357 e. The van der Waals surface area contributed by atoms with Crippen LogP contribution in [0.1, 0.15) is 18.4 Å². The van der Waals surface area contributed by atoms with E-state index >= 15 is 0 Å². The molecule has 0 saturated carbocycles. The molecule has 0 aromatic carbocycles. The number of guanidine groups is 1. The van der Waals surface area contributed by atoms with Gasteiger partial charge in [-0.25, -0.2) is 9.98 Å². The van der Waals surface area contributed by atoms with Crippen molar-refractivity contribution >= 4 is 5.96 Å². The van der Waals surface area contributed by atoms with E-state index in [0.717, 1.165) is 37.0 Å². The molecule has 0 bridgehead atoms. The molecular weight excluding hydrogens is 266 g/mol. The first-order valence-corrected chi connectivity index (χ1v) is 7.04. The van der Waals surface area contributed by atoms with Crippen LogP contribution in [0.3, 0.4) is 0 Å². The minimum atomic E-state index is 0.495. The summed E-state index contributed by atoms with van der Waals surface area (Å²) in [5.74, 6) is 1.60. The Morgan fingerprint density at radius 3 is 2.86 bits per heavy atom. The molecule has 2 rings (SSSR count). The highest BCUT2D eigenvalue weighted by Crippen LogP contribution is 1.95. The Kier molecular flexibility index (Phi) is 5.69. The zero-order valence-electron chi connectivity index (χ0n) is 12.5. The summed E-state index contributed by atoms with van der Waals surface area (Å²) in [6, 6.07) is 5.93. The summed E-state index contributed by atoms with van der Waals surface area (Å²) in [7, 11) is 1.86. The molecular formula is C14H21N7. The summed E-state index contributed by atoms with van der Waals surface area (Å²) in [4.78, 5) is 13.0. The molecule has 0 atom stereocenters. The Balaban J connectivity index is 1.85. The van der Waals surface area contributed by atoms with Gasteiger partial charge in [-0.05, 0) is 19.1 Å². The highest BCUT2D eigenvalue weighted by atomic mass is 15.3. The lowest BCUT2D eigenvalue weighted by Gasteiger charge is -2.10. The van der Waals surface area contributed by atoms with Gasteiger partial charge in [0.1, 0.15) is 18.7 Å². The van der Waals surface area contributed by atoms with Crippen molar-refractivity contribution in [2.45, 2.75) is 19.9 Å². The van der Waals surface area contributed by atoms with E-state index in [1.54, 1.807) is 4.68 Å². The summed E-state index contributed by atoms with van der Waals surface area (Å²) in [5, 5.41) is 10.5. The van der Waals surface area contributed by atoms with Crippen molar-refractivity contribution in [3.8, 4) is 0 Å². The van der Waals surface area contributed by atoms with E-state index < -0.39 is 0 Å². The summed E-state index contributed by atoms with van der Waals surface area (Å²) >= 11 is 0. The Morgan fingerprint density at radius 1 is 1.29 bits per heavy atom. The first kappa shape index (κ1) is 15.0. The fourth-order valence-corrected chi connectivity index (χ4v) is 1.81. The highest BCUT2D eigenvalue weighted by molar-refractivity contribution is 5.79. The molecule has 0 aliphatic carbocycles. The topological polar surface area (TPSA) is 80.0 Å². The van der Waals surface area contributed by atoms with Crippen molar-refractivity contribution in [1.29, 1.82) is 0 Å². The van der Waals surface area contributed by atoms with Crippen molar-refractivity contribution in [2.24, 2.45) is 12.0 Å². The van der Waals surface area contributed by atoms with Gasteiger partial charge in [0.05, 0.1) is 0 Å². The van der Waals surface area contributed by atoms with Gasteiger partial charge in [-0.3, -0.25) is 9.67 Å². The largest absolute Gasteiger partial charge is 0.357 e. The molecule has 2 heterocycles. The van der Waals surface area contributed by atoms with Crippen LogP contribution < -0.4 is 10.6 Å². The molecule has 2 aromatic heterocycles. The van der Waals surface area contributed by atoms with Gasteiger partial charge in [-0.1, -0.05) is 6.07 Å². The molecule has 0 aliphatic heterocycles. The summed E-state index contributed by atoms with van der Waals surface area (Å²) < 4.78 is 1.72. The van der Waals surface area contributed by atoms with E-state index in [1.165, 1.54) is 6.33 Å². The predicted molar refractivity (Wildman–Crippen MR) is 81.8 cm³/mol. The van der Waals surface area contributed by atoms with Gasteiger partial charge in [-0.2, -0.15) is 5.10 Å². The number of aliphatic imine (C=N–C) groups is 1. The molecule has 0 spiro atoms. The second-order valence-corrected chi connectivity index (χ2v) is 4.49. The molecule has 0 radical (unpaired) electrons. The van der Waals surface area contributed by atoms with E-state index in [2.05, 4.69) is 30.7 Å². The van der Waals surface area contributed by atoms with Gasteiger partial charge in [0, 0.05) is 38.4 Å². The first-order chi connectivity index (χ1) is 10.3. The van der Waals surface area contributed by atoms with Crippen LogP contribution in [0.5, 0.6) is 0 Å². The van der Waals surface area contributed by atoms with Crippen LogP contribution in [0, 0.1) is 0 Å². The average molecular weight is 287 g/mol. The standard InChI is InChI=1S/C14H21N7/c1-3-15-14(18-10-13-19-11-20-21(13)2)17-9-7-12-6-4-5-8-16-12/h4-6,8,11H,3,7,9-10H2,1-2H3,(H2,15,17,18). The van der Waals surface area contributed by atoms with Crippen molar-refractivity contribution in [2.75, 3.05) is 13.1 Å². The minimum absolute atomic E-state index is 0.495. The van der Waals surface area contributed by atoms with Crippen LogP contribution in [0.2, 0.25) is 0 Å². The van der Waals surface area contributed by atoms with Crippen molar-refractivity contribution < 1.29 is 0 Å². The smallest absolute Gasteiger partial charge is 0.191 e. The van der Waals surface area contributed by atoms with Crippen LogP contribution in [0.4, 0.5) is 0 Å². The maximum Gasteiger partial charge on any atom is 0.191 e. The third-order valence-corrected chi connectivity index (χ3v) is 2.93. The predicted octanol–water partition coefficient (Wildman–Crippen LogP) is 0.508. The van der Waals surface area contributed by atoms with E-state index in [9.17, 15) is 0 Å². The maximum absolute atomic E-state index is 4.50. The van der Waals surface area contributed by atoms with E-state index in [4.69, 9.17) is 0 Å². The number of aryl methyl sites for hydroxylation is 1. The SMILES string of the molecule is CCNC(=NCc1ncnn1C)NCCc1ccccn1. The van der Waals surface area contributed by atoms with Gasteiger partial charge >= 0.3 is 0 Å². The second kappa shape index (κ2) is 7.98. The molecule has 0 fully saturated rings. The number of hydrogen-bond donors (Lipinski definition) is 2. The van der Waals surface area contributed by atoms with Gasteiger partial charge in [0.25, 0.3) is 0 Å². The van der Waals surface area contributed by atoms with Gasteiger partial charge < -0.3 is 10.6 Å². The fraction of sp³-hybridized carbons (Fsp3) is 0.429. The molecule has 21 heavy (non-hydrogen) atoms. The van der Waals surface area contributed by atoms with Gasteiger partial charge in [0.2, 0.25) is 0 Å². The summed E-state index contributed by atoms with van der Waals surface area (Å²) in [5.41, 5.74) is 1.06. The second-order valence-electron chi connectivity index (χ2n) is 4.49. The third-order valence-electron chi connectivity index (χ3n) is 2.93. The number of pyridine rings is 1. The highest BCUT2D eigenvalue weighted by Gasteiger charge is 2.01. The van der Waals surface area contributed by atoms with Crippen LogP contribution in [0.25, 0.3) is 0 Å². The van der Waals surface area contributed by atoms with Gasteiger partial charge in [0.15, 0.2) is 5.96 Å².